The zero-order valence-electron chi connectivity index (χ0n) is 14.9. The third kappa shape index (κ3) is 5.84. The van der Waals surface area contributed by atoms with E-state index in [1.807, 2.05) is 0 Å². The van der Waals surface area contributed by atoms with E-state index in [9.17, 15) is 22.8 Å². The first-order valence-corrected chi connectivity index (χ1v) is 8.89. The Balaban J connectivity index is 2.36. The van der Waals surface area contributed by atoms with Crippen LogP contribution in [0, 0.1) is 0 Å². The molecule has 0 bridgehead atoms. The number of carbonyl (C=O) groups is 2. The van der Waals surface area contributed by atoms with Crippen LogP contribution in [0.1, 0.15) is 41.4 Å². The summed E-state index contributed by atoms with van der Waals surface area (Å²) in [6.07, 6.45) is -4.25. The highest BCUT2D eigenvalue weighted by molar-refractivity contribution is 6.35. The summed E-state index contributed by atoms with van der Waals surface area (Å²) in [6, 6.07) is 9.16. The molecule has 0 saturated heterocycles. The van der Waals surface area contributed by atoms with Crippen molar-refractivity contribution < 1.29 is 22.8 Å². The van der Waals surface area contributed by atoms with Crippen molar-refractivity contribution in [3.63, 3.8) is 0 Å². The van der Waals surface area contributed by atoms with Crippen LogP contribution in [-0.4, -0.2) is 17.9 Å². The highest BCUT2D eigenvalue weighted by Crippen LogP contribution is 2.36. The molecular formula is C20H16Cl2F3NO2. The molecule has 0 heterocycles. The number of hydrogen-bond acceptors (Lipinski definition) is 2. The predicted octanol–water partition coefficient (Wildman–Crippen LogP) is 6.02. The summed E-state index contributed by atoms with van der Waals surface area (Å²) in [5.74, 6) is -1.03. The molecule has 0 aliphatic rings. The summed E-state index contributed by atoms with van der Waals surface area (Å²) in [5, 5.41) is 2.74. The number of allylic oxidation sites excluding steroid dienone is 2. The zero-order chi connectivity index (χ0) is 21.1. The minimum Gasteiger partial charge on any atom is -0.350 e. The molecule has 1 atom stereocenters. The summed E-state index contributed by atoms with van der Waals surface area (Å²) in [7, 11) is 0. The molecule has 0 fully saturated rings. The quantitative estimate of drug-likeness (QED) is 0.466. The molecular weight excluding hydrogens is 414 g/mol. The van der Waals surface area contributed by atoms with Gasteiger partial charge < -0.3 is 5.32 Å². The van der Waals surface area contributed by atoms with Crippen molar-refractivity contribution in [1.29, 1.82) is 0 Å². The monoisotopic (exact) mass is 429 g/mol. The Labute approximate surface area is 170 Å². The molecule has 0 aromatic heterocycles. The van der Waals surface area contributed by atoms with Gasteiger partial charge in [0, 0.05) is 22.5 Å². The summed E-state index contributed by atoms with van der Waals surface area (Å²) in [6.45, 7) is 3.13. The van der Waals surface area contributed by atoms with E-state index in [0.29, 0.717) is 11.6 Å². The number of alkyl halides is 3. The molecule has 0 spiro atoms. The van der Waals surface area contributed by atoms with Gasteiger partial charge >= 0.3 is 6.18 Å². The average Bonchev–Trinajstić information content (AvgIpc) is 2.57. The van der Waals surface area contributed by atoms with Crippen LogP contribution in [0.25, 0.3) is 5.57 Å². The molecule has 3 nitrogen and oxygen atoms in total. The lowest BCUT2D eigenvalue weighted by atomic mass is 9.99. The van der Waals surface area contributed by atoms with Crippen molar-refractivity contribution in [2.24, 2.45) is 0 Å². The fourth-order valence-corrected chi connectivity index (χ4v) is 3.10. The molecule has 8 heteroatoms. The third-order valence-corrected chi connectivity index (χ3v) is 4.31. The van der Waals surface area contributed by atoms with Crippen LogP contribution in [-0.2, 0) is 4.79 Å². The number of carbonyl (C=O) groups excluding carboxylic acids is 2. The van der Waals surface area contributed by atoms with Gasteiger partial charge in [-0.25, -0.2) is 0 Å². The fourth-order valence-electron chi connectivity index (χ4n) is 2.58. The van der Waals surface area contributed by atoms with Crippen LogP contribution in [0.15, 0.2) is 48.5 Å². The molecule has 1 amide bonds. The Kier molecular flexibility index (Phi) is 6.91. The maximum atomic E-state index is 13.5. The highest BCUT2D eigenvalue weighted by Gasteiger charge is 2.35. The number of nitrogens with one attached hydrogen (secondary N) is 1. The van der Waals surface area contributed by atoms with Gasteiger partial charge in [0.25, 0.3) is 0 Å². The number of rotatable bonds is 5. The second-order valence-electron chi connectivity index (χ2n) is 6.12. The topological polar surface area (TPSA) is 46.2 Å². The van der Waals surface area contributed by atoms with E-state index >= 15 is 0 Å². The van der Waals surface area contributed by atoms with Crippen LogP contribution < -0.4 is 5.32 Å². The predicted molar refractivity (Wildman–Crippen MR) is 103 cm³/mol. The molecule has 2 rings (SSSR count). The molecule has 0 aliphatic carbocycles. The highest BCUT2D eigenvalue weighted by atomic mass is 35.5. The van der Waals surface area contributed by atoms with Crippen molar-refractivity contribution in [1.82, 2.24) is 5.32 Å². The van der Waals surface area contributed by atoms with Gasteiger partial charge in [-0.05, 0) is 42.3 Å². The zero-order valence-corrected chi connectivity index (χ0v) is 16.4. The Morgan fingerprint density at radius 3 is 2.00 bits per heavy atom. The van der Waals surface area contributed by atoms with Crippen molar-refractivity contribution in [3.05, 3.63) is 75.3 Å². The van der Waals surface area contributed by atoms with E-state index in [1.165, 1.54) is 25.1 Å². The van der Waals surface area contributed by atoms with Crippen molar-refractivity contribution in [3.8, 4) is 0 Å². The number of benzene rings is 2. The van der Waals surface area contributed by atoms with E-state index in [4.69, 9.17) is 23.2 Å². The van der Waals surface area contributed by atoms with Gasteiger partial charge in [0.2, 0.25) is 5.91 Å². The van der Waals surface area contributed by atoms with Crippen LogP contribution >= 0.6 is 23.2 Å². The average molecular weight is 430 g/mol. The minimum absolute atomic E-state index is 0.0291. The van der Waals surface area contributed by atoms with Crippen LogP contribution in [0.5, 0.6) is 0 Å². The van der Waals surface area contributed by atoms with Gasteiger partial charge in [-0.1, -0.05) is 47.5 Å². The summed E-state index contributed by atoms with van der Waals surface area (Å²) in [5.41, 5.74) is -0.645. The molecule has 0 radical (unpaired) electrons. The van der Waals surface area contributed by atoms with Crippen molar-refractivity contribution in [2.45, 2.75) is 26.1 Å². The first kappa shape index (κ1) is 22.0. The second-order valence-corrected chi connectivity index (χ2v) is 7.00. The maximum absolute atomic E-state index is 13.5. The molecule has 148 valence electrons. The number of halogens is 5. The molecule has 28 heavy (non-hydrogen) atoms. The van der Waals surface area contributed by atoms with Crippen LogP contribution in [0.4, 0.5) is 13.2 Å². The molecule has 2 aromatic carbocycles. The summed E-state index contributed by atoms with van der Waals surface area (Å²) < 4.78 is 40.5. The molecule has 0 aliphatic heterocycles. The summed E-state index contributed by atoms with van der Waals surface area (Å²) in [4.78, 5) is 23.5. The lowest BCUT2D eigenvalue weighted by molar-refractivity contribution is -0.119. The van der Waals surface area contributed by atoms with Crippen LogP contribution in [0.2, 0.25) is 10.0 Å². The molecule has 2 aromatic rings. The summed E-state index contributed by atoms with van der Waals surface area (Å²) >= 11 is 11.6. The fraction of sp³-hybridized carbons (Fsp3) is 0.200. The lowest BCUT2D eigenvalue weighted by Crippen LogP contribution is -2.23. The van der Waals surface area contributed by atoms with Crippen LogP contribution in [0.3, 0.4) is 0 Å². The molecule has 0 saturated carbocycles. The first-order chi connectivity index (χ1) is 13.0. The smallest absolute Gasteiger partial charge is 0.350 e. The van der Waals surface area contributed by atoms with Gasteiger partial charge in [-0.2, -0.15) is 13.2 Å². The Hall–Kier alpha value is -2.31. The maximum Gasteiger partial charge on any atom is 0.417 e. The van der Waals surface area contributed by atoms with Gasteiger partial charge in [0.05, 0.1) is 11.6 Å². The normalized spacial score (nSPS) is 13.2. The Bertz CT molecular complexity index is 902. The largest absolute Gasteiger partial charge is 0.417 e. The Morgan fingerprint density at radius 1 is 1.00 bits per heavy atom. The second kappa shape index (κ2) is 8.80. The van der Waals surface area contributed by atoms with E-state index in [2.05, 4.69) is 5.32 Å². The van der Waals surface area contributed by atoms with E-state index < -0.39 is 17.5 Å². The van der Waals surface area contributed by atoms with Crippen molar-refractivity contribution >= 4 is 40.5 Å². The van der Waals surface area contributed by atoms with Crippen molar-refractivity contribution in [2.75, 3.05) is 0 Å². The van der Waals surface area contributed by atoms with E-state index in [1.54, 1.807) is 19.1 Å². The number of hydrogen-bond donors (Lipinski definition) is 1. The minimum atomic E-state index is -4.77. The van der Waals surface area contributed by atoms with Gasteiger partial charge in [-0.15, -0.1) is 0 Å². The van der Waals surface area contributed by atoms with E-state index in [-0.39, 0.29) is 33.1 Å². The third-order valence-electron chi connectivity index (χ3n) is 3.87. The Morgan fingerprint density at radius 2 is 1.54 bits per heavy atom. The first-order valence-electron chi connectivity index (χ1n) is 8.14. The van der Waals surface area contributed by atoms with Gasteiger partial charge in [0.15, 0.2) is 5.78 Å². The van der Waals surface area contributed by atoms with E-state index in [0.717, 1.165) is 12.1 Å². The lowest BCUT2D eigenvalue weighted by Gasteiger charge is -2.14. The number of amides is 1. The number of ketones is 1. The van der Waals surface area contributed by atoms with Gasteiger partial charge in [-0.3, -0.25) is 9.59 Å². The molecule has 0 unspecified atom stereocenters. The SMILES string of the molecule is CC(=O)N[C@@H](C)c1ccc(C(=O)/C=C(\c2cc(Cl)cc(Cl)c2)C(F)(F)F)cc1. The standard InChI is InChI=1S/C20H16Cl2F3NO2/c1-11(26-12(2)27)13-3-5-14(6-4-13)19(28)10-18(20(23,24)25)15-7-16(21)9-17(22)8-15/h3-11H,1-2H3,(H,26,27)/b18-10+/t11-/m0/s1. The van der Waals surface area contributed by atoms with Gasteiger partial charge in [0.1, 0.15) is 0 Å². The molecule has 1 N–H and O–H groups in total.